The van der Waals surface area contributed by atoms with E-state index >= 15 is 0 Å². The van der Waals surface area contributed by atoms with E-state index in [1.165, 1.54) is 16.7 Å². The molecule has 28 heavy (non-hydrogen) atoms. The summed E-state index contributed by atoms with van der Waals surface area (Å²) in [7, 11) is 0. The highest BCUT2D eigenvalue weighted by molar-refractivity contribution is 5.74. The second-order valence-corrected chi connectivity index (χ2v) is 7.03. The minimum Gasteiger partial charge on any atom is -0.364 e. The van der Waals surface area contributed by atoms with Gasteiger partial charge in [0, 0.05) is 17.7 Å². The molecule has 1 N–H and O–H groups in total. The molecule has 0 aliphatic heterocycles. The third-order valence-electron chi connectivity index (χ3n) is 4.64. The molecule has 3 nitrogen and oxygen atoms in total. The standard InChI is InChI=1S/C25H23N3/c1-18-13-19(2)15-22(14-18)23-17-27-25(26-16-20-9-5-3-6-10-20)24(28-23)21-11-7-4-8-12-21/h3-15,17H,16H2,1-2H3,(H,26,27). The molecule has 0 aliphatic carbocycles. The predicted molar refractivity (Wildman–Crippen MR) is 116 cm³/mol. The van der Waals surface area contributed by atoms with Crippen molar-refractivity contribution in [2.45, 2.75) is 20.4 Å². The first kappa shape index (κ1) is 17.9. The molecule has 0 amide bonds. The number of anilines is 1. The first-order valence-corrected chi connectivity index (χ1v) is 9.48. The summed E-state index contributed by atoms with van der Waals surface area (Å²) in [6, 6.07) is 27.0. The number of aryl methyl sites for hydroxylation is 2. The van der Waals surface area contributed by atoms with E-state index in [4.69, 9.17) is 9.97 Å². The van der Waals surface area contributed by atoms with Crippen molar-refractivity contribution >= 4 is 5.82 Å². The van der Waals surface area contributed by atoms with E-state index in [0.717, 1.165) is 28.3 Å². The maximum absolute atomic E-state index is 4.98. The van der Waals surface area contributed by atoms with E-state index in [0.29, 0.717) is 6.54 Å². The molecular weight excluding hydrogens is 342 g/mol. The van der Waals surface area contributed by atoms with Gasteiger partial charge in [0.25, 0.3) is 0 Å². The molecule has 0 fully saturated rings. The Morgan fingerprint density at radius 2 is 1.39 bits per heavy atom. The molecule has 3 aromatic carbocycles. The Balaban J connectivity index is 1.73. The van der Waals surface area contributed by atoms with Crippen molar-refractivity contribution < 1.29 is 0 Å². The fourth-order valence-electron chi connectivity index (χ4n) is 3.36. The van der Waals surface area contributed by atoms with Gasteiger partial charge < -0.3 is 5.32 Å². The van der Waals surface area contributed by atoms with Crippen LogP contribution in [0.2, 0.25) is 0 Å². The van der Waals surface area contributed by atoms with E-state index in [1.807, 2.05) is 42.6 Å². The Morgan fingerprint density at radius 1 is 0.750 bits per heavy atom. The summed E-state index contributed by atoms with van der Waals surface area (Å²) in [4.78, 5) is 9.71. The maximum Gasteiger partial charge on any atom is 0.152 e. The lowest BCUT2D eigenvalue weighted by molar-refractivity contribution is 1.09. The average Bonchev–Trinajstić information content (AvgIpc) is 2.73. The highest BCUT2D eigenvalue weighted by Gasteiger charge is 2.12. The van der Waals surface area contributed by atoms with Gasteiger partial charge in [0.2, 0.25) is 0 Å². The number of aromatic nitrogens is 2. The molecule has 0 atom stereocenters. The summed E-state index contributed by atoms with van der Waals surface area (Å²) in [5.74, 6) is 0.795. The summed E-state index contributed by atoms with van der Waals surface area (Å²) >= 11 is 0. The van der Waals surface area contributed by atoms with E-state index < -0.39 is 0 Å². The van der Waals surface area contributed by atoms with Gasteiger partial charge in [-0.05, 0) is 31.5 Å². The van der Waals surface area contributed by atoms with Gasteiger partial charge in [0.15, 0.2) is 5.82 Å². The average molecular weight is 365 g/mol. The number of benzene rings is 3. The molecule has 0 saturated heterocycles. The van der Waals surface area contributed by atoms with Crippen LogP contribution in [0, 0.1) is 13.8 Å². The number of nitrogens with zero attached hydrogens (tertiary/aromatic N) is 2. The van der Waals surface area contributed by atoms with Gasteiger partial charge in [0.05, 0.1) is 11.9 Å². The quantitative estimate of drug-likeness (QED) is 0.468. The summed E-state index contributed by atoms with van der Waals surface area (Å²) in [5.41, 5.74) is 7.56. The summed E-state index contributed by atoms with van der Waals surface area (Å²) < 4.78 is 0. The second kappa shape index (κ2) is 8.05. The minimum atomic E-state index is 0.707. The Morgan fingerprint density at radius 3 is 2.07 bits per heavy atom. The van der Waals surface area contributed by atoms with Gasteiger partial charge in [-0.2, -0.15) is 0 Å². The van der Waals surface area contributed by atoms with Crippen LogP contribution in [0.5, 0.6) is 0 Å². The predicted octanol–water partition coefficient (Wildman–Crippen LogP) is 6.04. The van der Waals surface area contributed by atoms with Crippen LogP contribution in [0.25, 0.3) is 22.5 Å². The van der Waals surface area contributed by atoms with Crippen LogP contribution in [-0.4, -0.2) is 9.97 Å². The lowest BCUT2D eigenvalue weighted by atomic mass is 10.0. The number of nitrogens with one attached hydrogen (secondary N) is 1. The van der Waals surface area contributed by atoms with Crippen molar-refractivity contribution in [2.75, 3.05) is 5.32 Å². The van der Waals surface area contributed by atoms with Crippen molar-refractivity contribution in [3.63, 3.8) is 0 Å². The number of rotatable bonds is 5. The Kier molecular flexibility index (Phi) is 5.16. The molecule has 138 valence electrons. The summed E-state index contributed by atoms with van der Waals surface area (Å²) in [5, 5.41) is 3.46. The van der Waals surface area contributed by atoms with Gasteiger partial charge >= 0.3 is 0 Å². The smallest absolute Gasteiger partial charge is 0.152 e. The fraction of sp³-hybridized carbons (Fsp3) is 0.120. The van der Waals surface area contributed by atoms with Crippen molar-refractivity contribution in [3.8, 4) is 22.5 Å². The maximum atomic E-state index is 4.98. The summed E-state index contributed by atoms with van der Waals surface area (Å²) in [6.07, 6.45) is 1.86. The Hall–Kier alpha value is -3.46. The third-order valence-corrected chi connectivity index (χ3v) is 4.64. The van der Waals surface area contributed by atoms with Gasteiger partial charge in [-0.1, -0.05) is 77.9 Å². The first-order chi connectivity index (χ1) is 13.7. The van der Waals surface area contributed by atoms with Gasteiger partial charge in [-0.25, -0.2) is 9.97 Å². The van der Waals surface area contributed by atoms with Crippen molar-refractivity contribution in [1.29, 1.82) is 0 Å². The molecule has 1 heterocycles. The largest absolute Gasteiger partial charge is 0.364 e. The molecule has 4 rings (SSSR count). The molecule has 3 heteroatoms. The van der Waals surface area contributed by atoms with E-state index in [1.54, 1.807) is 0 Å². The first-order valence-electron chi connectivity index (χ1n) is 9.48. The highest BCUT2D eigenvalue weighted by Crippen LogP contribution is 2.28. The number of hydrogen-bond acceptors (Lipinski definition) is 3. The molecule has 0 bridgehead atoms. The van der Waals surface area contributed by atoms with E-state index in [-0.39, 0.29) is 0 Å². The topological polar surface area (TPSA) is 37.8 Å². The van der Waals surface area contributed by atoms with Crippen LogP contribution in [0.4, 0.5) is 5.82 Å². The van der Waals surface area contributed by atoms with Crippen LogP contribution in [0.1, 0.15) is 16.7 Å². The van der Waals surface area contributed by atoms with Crippen molar-refractivity contribution in [3.05, 3.63) is 102 Å². The molecule has 0 spiro atoms. The van der Waals surface area contributed by atoms with Crippen LogP contribution in [0.3, 0.4) is 0 Å². The summed E-state index contributed by atoms with van der Waals surface area (Å²) in [6.45, 7) is 4.92. The third kappa shape index (κ3) is 4.09. The molecule has 0 unspecified atom stereocenters. The van der Waals surface area contributed by atoms with Crippen LogP contribution >= 0.6 is 0 Å². The SMILES string of the molecule is Cc1cc(C)cc(-c2cnc(NCc3ccccc3)c(-c3ccccc3)n2)c1. The number of hydrogen-bond donors (Lipinski definition) is 1. The monoisotopic (exact) mass is 365 g/mol. The molecule has 1 aromatic heterocycles. The molecule has 0 aliphatic rings. The van der Waals surface area contributed by atoms with E-state index in [9.17, 15) is 0 Å². The normalized spacial score (nSPS) is 10.6. The Bertz CT molecular complexity index is 1050. The molecule has 0 radical (unpaired) electrons. The van der Waals surface area contributed by atoms with E-state index in [2.05, 4.69) is 61.6 Å². The lowest BCUT2D eigenvalue weighted by Crippen LogP contribution is -2.05. The van der Waals surface area contributed by atoms with Crippen molar-refractivity contribution in [1.82, 2.24) is 9.97 Å². The zero-order valence-electron chi connectivity index (χ0n) is 16.2. The zero-order valence-corrected chi connectivity index (χ0v) is 16.2. The molecular formula is C25H23N3. The van der Waals surface area contributed by atoms with Crippen LogP contribution in [-0.2, 0) is 6.54 Å². The second-order valence-electron chi connectivity index (χ2n) is 7.03. The minimum absolute atomic E-state index is 0.707. The lowest BCUT2D eigenvalue weighted by Gasteiger charge is -2.13. The fourth-order valence-corrected chi connectivity index (χ4v) is 3.36. The van der Waals surface area contributed by atoms with Gasteiger partial charge in [0.1, 0.15) is 5.69 Å². The van der Waals surface area contributed by atoms with Crippen LogP contribution in [0.15, 0.2) is 85.1 Å². The molecule has 4 aromatic rings. The molecule has 0 saturated carbocycles. The zero-order chi connectivity index (χ0) is 19.3. The highest BCUT2D eigenvalue weighted by atomic mass is 15.0. The Labute approximate surface area is 166 Å². The van der Waals surface area contributed by atoms with Gasteiger partial charge in [-0.3, -0.25) is 0 Å². The van der Waals surface area contributed by atoms with Gasteiger partial charge in [-0.15, -0.1) is 0 Å². The van der Waals surface area contributed by atoms with Crippen LogP contribution < -0.4 is 5.32 Å². The van der Waals surface area contributed by atoms with Crippen molar-refractivity contribution in [2.24, 2.45) is 0 Å².